The molecule has 4 aromatic rings. The van der Waals surface area contributed by atoms with Crippen LogP contribution in [0, 0.1) is 0 Å². The van der Waals surface area contributed by atoms with E-state index in [-0.39, 0.29) is 27.2 Å². The van der Waals surface area contributed by atoms with E-state index in [1.165, 1.54) is 30.3 Å². The lowest BCUT2D eigenvalue weighted by Gasteiger charge is -2.31. The van der Waals surface area contributed by atoms with Gasteiger partial charge in [-0.3, -0.25) is 4.55 Å². The molecule has 0 aromatic heterocycles. The average Bonchev–Trinajstić information content (AvgIpc) is 3.56. The molecule has 0 amide bonds. The third kappa shape index (κ3) is 8.85. The molecule has 0 aliphatic carbocycles. The van der Waals surface area contributed by atoms with Crippen LogP contribution in [-0.2, 0) is 36.8 Å². The molecule has 2 atom stereocenters. The molecule has 4 aromatic carbocycles. The number of rotatable bonds is 18. The molecule has 61 heavy (non-hydrogen) atoms. The zero-order chi connectivity index (χ0) is 44.6. The van der Waals surface area contributed by atoms with Gasteiger partial charge >= 0.3 is 11.9 Å². The predicted molar refractivity (Wildman–Crippen MR) is 246 cm³/mol. The monoisotopic (exact) mass is 907 g/mol. The van der Waals surface area contributed by atoms with Gasteiger partial charge in [-0.1, -0.05) is 31.1 Å². The highest BCUT2D eigenvalue weighted by Gasteiger charge is 2.48. The van der Waals surface area contributed by atoms with E-state index >= 15 is 0 Å². The second kappa shape index (κ2) is 18.2. The van der Waals surface area contributed by atoms with Crippen molar-refractivity contribution in [2.75, 3.05) is 29.5 Å². The SMILES string of the molecule is CC(=O)CCCCCC1(C)C(=CC=CC2=[N+](CCCS)c3cc(S(=O)O)c4cc(C(=O)O)ccc4c3C2(C)C)N(CCCS)c2cc(S(=O)(=O)O)c3cc(C(=O)O)ccc3c21. The number of carbonyl (C=O) groups is 3. The molecule has 0 saturated heterocycles. The Kier molecular flexibility index (Phi) is 13.8. The number of anilines is 1. The van der Waals surface area contributed by atoms with E-state index in [9.17, 15) is 46.3 Å². The normalized spacial score (nSPS) is 18.4. The highest BCUT2D eigenvalue weighted by Crippen LogP contribution is 2.55. The Morgan fingerprint density at radius 3 is 2.03 bits per heavy atom. The Balaban J connectivity index is 1.58. The summed E-state index contributed by atoms with van der Waals surface area (Å²) in [6, 6.07) is 12.1. The number of carboxylic acids is 2. The molecule has 12 nitrogen and oxygen atoms in total. The molecule has 2 unspecified atom stereocenters. The van der Waals surface area contributed by atoms with Gasteiger partial charge in [-0.15, -0.1) is 0 Å². The van der Waals surface area contributed by atoms with E-state index in [2.05, 4.69) is 55.5 Å². The quantitative estimate of drug-likeness (QED) is 0.0184. The molecular formula is C45H51N2O10S4+. The Morgan fingerprint density at radius 2 is 1.46 bits per heavy atom. The number of aromatic carboxylic acids is 2. The number of carbonyl (C=O) groups excluding carboxylic acids is 1. The van der Waals surface area contributed by atoms with Gasteiger partial charge in [0.25, 0.3) is 10.1 Å². The molecule has 324 valence electrons. The molecule has 0 fully saturated rings. The smallest absolute Gasteiger partial charge is 0.335 e. The summed E-state index contributed by atoms with van der Waals surface area (Å²) >= 11 is 6.57. The van der Waals surface area contributed by atoms with Gasteiger partial charge in [0.2, 0.25) is 5.69 Å². The van der Waals surface area contributed by atoms with Crippen molar-refractivity contribution in [3.63, 3.8) is 0 Å². The van der Waals surface area contributed by atoms with Gasteiger partial charge in [0.1, 0.15) is 17.2 Å². The largest absolute Gasteiger partial charge is 0.478 e. The van der Waals surface area contributed by atoms with Gasteiger partial charge in [-0.05, 0) is 111 Å². The van der Waals surface area contributed by atoms with Crippen molar-refractivity contribution in [1.29, 1.82) is 0 Å². The maximum atomic E-state index is 13.0. The lowest BCUT2D eigenvalue weighted by Crippen LogP contribution is -2.30. The maximum Gasteiger partial charge on any atom is 0.335 e. The Hall–Kier alpha value is -4.32. The first-order chi connectivity index (χ1) is 28.8. The van der Waals surface area contributed by atoms with Gasteiger partial charge in [0, 0.05) is 64.7 Å². The zero-order valence-corrected chi connectivity index (χ0v) is 37.9. The Labute approximate surface area is 369 Å². The van der Waals surface area contributed by atoms with Crippen LogP contribution in [0.3, 0.4) is 0 Å². The van der Waals surface area contributed by atoms with E-state index in [4.69, 9.17) is 0 Å². The standard InChI is InChI=1S/C45H50N2O10S4/c1-27(48)11-6-5-7-18-45(4)39(47(20-10-22-59)35-26-37(61(55,56)57)33-24-29(43(51)52)15-17-31(33)41(35)45)13-8-12-38-44(2,3)40-30-16-14-28(42(49)50)23-32(30)36(60(53)54)25-34(40)46(38)19-9-21-58/h8,12-17,23-26H,5-7,9-11,18-22H2,1-4H3,(H5-,49,50,51,52,53,54,55,56,57,58,59)/p+1. The van der Waals surface area contributed by atoms with Crippen molar-refractivity contribution >= 4 is 103 Å². The van der Waals surface area contributed by atoms with Crippen molar-refractivity contribution in [1.82, 2.24) is 0 Å². The Morgan fingerprint density at radius 1 is 0.836 bits per heavy atom. The summed E-state index contributed by atoms with van der Waals surface area (Å²) in [4.78, 5) is 37.6. The summed E-state index contributed by atoms with van der Waals surface area (Å²) in [5, 5.41) is 21.3. The number of hydrogen-bond acceptors (Lipinski definition) is 9. The number of hydrogen-bond donors (Lipinski definition) is 6. The fourth-order valence-corrected chi connectivity index (χ4v) is 10.8. The zero-order valence-electron chi connectivity index (χ0n) is 34.5. The van der Waals surface area contributed by atoms with Crippen LogP contribution in [0.1, 0.15) is 104 Å². The molecule has 0 spiro atoms. The Bertz CT molecular complexity index is 2700. The number of allylic oxidation sites excluding steroid dienone is 4. The summed E-state index contributed by atoms with van der Waals surface area (Å²) in [6.45, 7) is 8.76. The number of carboxylic acid groups (broad SMARTS) is 2. The minimum atomic E-state index is -4.81. The topological polar surface area (TPSA) is 190 Å². The second-order valence-electron chi connectivity index (χ2n) is 16.4. The summed E-state index contributed by atoms with van der Waals surface area (Å²) in [5.74, 6) is -1.17. The minimum absolute atomic E-state index is 0.00153. The molecule has 2 heterocycles. The number of benzene rings is 4. The van der Waals surface area contributed by atoms with Crippen molar-refractivity contribution in [3.05, 3.63) is 94.7 Å². The van der Waals surface area contributed by atoms with Crippen molar-refractivity contribution in [2.24, 2.45) is 0 Å². The van der Waals surface area contributed by atoms with Gasteiger partial charge in [0.15, 0.2) is 16.8 Å². The van der Waals surface area contributed by atoms with Crippen LogP contribution in [-0.4, -0.2) is 84.5 Å². The maximum absolute atomic E-state index is 13.0. The van der Waals surface area contributed by atoms with Gasteiger partial charge in [-0.2, -0.15) is 38.3 Å². The lowest BCUT2D eigenvalue weighted by molar-refractivity contribution is -0.437. The van der Waals surface area contributed by atoms with Crippen LogP contribution in [0.15, 0.2) is 82.2 Å². The summed E-state index contributed by atoms with van der Waals surface area (Å²) in [7, 11) is -4.81. The van der Waals surface area contributed by atoms with Gasteiger partial charge in [0.05, 0.1) is 21.4 Å². The summed E-state index contributed by atoms with van der Waals surface area (Å²) in [6.07, 6.45) is 10.5. The van der Waals surface area contributed by atoms with Crippen LogP contribution < -0.4 is 4.90 Å². The van der Waals surface area contributed by atoms with Crippen LogP contribution in [0.5, 0.6) is 0 Å². The molecule has 4 N–H and O–H groups in total. The molecule has 2 aliphatic heterocycles. The molecule has 0 radical (unpaired) electrons. The van der Waals surface area contributed by atoms with Crippen molar-refractivity contribution in [2.45, 2.75) is 93.3 Å². The first-order valence-corrected chi connectivity index (χ1v) is 23.9. The molecule has 6 rings (SSSR count). The first kappa shape index (κ1) is 46.2. The molecule has 2 aliphatic rings. The highest BCUT2D eigenvalue weighted by molar-refractivity contribution is 7.86. The van der Waals surface area contributed by atoms with E-state index in [1.807, 2.05) is 18.2 Å². The van der Waals surface area contributed by atoms with Crippen LogP contribution in [0.4, 0.5) is 11.4 Å². The molecular weight excluding hydrogens is 857 g/mol. The second-order valence-corrected chi connectivity index (χ2v) is 19.6. The average molecular weight is 908 g/mol. The fourth-order valence-electron chi connectivity index (χ4n) is 9.22. The molecule has 16 heteroatoms. The molecule has 0 saturated carbocycles. The van der Waals surface area contributed by atoms with E-state index in [0.717, 1.165) is 41.1 Å². The fraction of sp³-hybridized carbons (Fsp3) is 0.378. The third-order valence-corrected chi connectivity index (χ3v) is 14.2. The first-order valence-electron chi connectivity index (χ1n) is 20.1. The summed E-state index contributed by atoms with van der Waals surface area (Å²) < 4.78 is 61.9. The number of ketones is 1. The number of unbranched alkanes of at least 4 members (excludes halogenated alkanes) is 2. The van der Waals surface area contributed by atoms with E-state index < -0.39 is 48.9 Å². The van der Waals surface area contributed by atoms with E-state index in [1.54, 1.807) is 25.1 Å². The van der Waals surface area contributed by atoms with Crippen LogP contribution in [0.25, 0.3) is 21.5 Å². The summed E-state index contributed by atoms with van der Waals surface area (Å²) in [5.41, 5.74) is 3.16. The van der Waals surface area contributed by atoms with Crippen LogP contribution >= 0.6 is 25.3 Å². The predicted octanol–water partition coefficient (Wildman–Crippen LogP) is 8.99. The highest BCUT2D eigenvalue weighted by atomic mass is 32.2. The van der Waals surface area contributed by atoms with E-state index in [0.29, 0.717) is 78.5 Å². The van der Waals surface area contributed by atoms with Crippen molar-refractivity contribution < 1.29 is 50.9 Å². The minimum Gasteiger partial charge on any atom is -0.478 e. The third-order valence-electron chi connectivity index (χ3n) is 12.0. The lowest BCUT2D eigenvalue weighted by atomic mass is 9.75. The van der Waals surface area contributed by atoms with Gasteiger partial charge < -0.3 is 24.5 Å². The number of thiol groups is 2. The van der Waals surface area contributed by atoms with Gasteiger partial charge in [-0.25, -0.2) is 13.8 Å². The number of fused-ring (bicyclic) bond motifs is 6. The van der Waals surface area contributed by atoms with Crippen molar-refractivity contribution in [3.8, 4) is 0 Å². The van der Waals surface area contributed by atoms with Crippen LogP contribution in [0.2, 0.25) is 0 Å². The molecule has 0 bridgehead atoms. The number of nitrogens with zero attached hydrogens (tertiary/aromatic N) is 2. The number of Topliss-reactive ketones (excluding diaryl/α,β-unsaturated/α-hetero) is 1.